The molecular weight excluding hydrogens is 241 g/mol. The van der Waals surface area contributed by atoms with Gasteiger partial charge in [0.05, 0.1) is 12.2 Å². The number of pyridine rings is 1. The second-order valence-electron chi connectivity index (χ2n) is 3.59. The second-order valence-corrected chi connectivity index (χ2v) is 3.59. The van der Waals surface area contributed by atoms with Crippen LogP contribution in [-0.4, -0.2) is 37.6 Å². The highest BCUT2D eigenvalue weighted by Gasteiger charge is 2.17. The third kappa shape index (κ3) is 4.27. The number of carbonyl (C=O) groups excluding carboxylic acids is 1. The predicted octanol–water partition coefficient (Wildman–Crippen LogP) is 1.35. The molecule has 1 rings (SSSR count). The minimum absolute atomic E-state index is 0.257. The van der Waals surface area contributed by atoms with Crippen LogP contribution in [0, 0.1) is 5.82 Å². The van der Waals surface area contributed by atoms with Crippen molar-refractivity contribution in [2.75, 3.05) is 19.5 Å². The molecule has 1 unspecified atom stereocenters. The number of urea groups is 1. The summed E-state index contributed by atoms with van der Waals surface area (Å²) in [4.78, 5) is 15.3. The summed E-state index contributed by atoms with van der Waals surface area (Å²) >= 11 is 0. The van der Waals surface area contributed by atoms with Crippen LogP contribution in [0.3, 0.4) is 0 Å². The molecule has 0 spiro atoms. The van der Waals surface area contributed by atoms with E-state index in [4.69, 9.17) is 9.47 Å². The highest BCUT2D eigenvalue weighted by atomic mass is 19.1. The zero-order valence-corrected chi connectivity index (χ0v) is 10.4. The molecule has 1 heterocycles. The van der Waals surface area contributed by atoms with E-state index in [0.717, 1.165) is 6.20 Å². The third-order valence-corrected chi connectivity index (χ3v) is 2.20. The lowest BCUT2D eigenvalue weighted by molar-refractivity contribution is -0.117. The molecule has 1 atom stereocenters. The highest BCUT2D eigenvalue weighted by molar-refractivity contribution is 5.88. The molecule has 0 saturated carbocycles. The number of carbonyl (C=O) groups is 1. The van der Waals surface area contributed by atoms with Gasteiger partial charge in [0.15, 0.2) is 6.29 Å². The number of nitrogens with zero attached hydrogens (tertiary/aromatic N) is 1. The minimum atomic E-state index is -0.545. The zero-order valence-electron chi connectivity index (χ0n) is 10.4. The first-order valence-corrected chi connectivity index (χ1v) is 5.31. The molecule has 0 aliphatic carbocycles. The number of aromatic nitrogens is 1. The fraction of sp³-hybridized carbons (Fsp3) is 0.455. The number of anilines is 1. The first-order chi connectivity index (χ1) is 8.56. The maximum atomic E-state index is 12.6. The summed E-state index contributed by atoms with van der Waals surface area (Å²) in [6.07, 6.45) is 0.475. The summed E-state index contributed by atoms with van der Waals surface area (Å²) in [5.74, 6) is -0.208. The Kier molecular flexibility index (Phi) is 5.47. The van der Waals surface area contributed by atoms with Crippen LogP contribution < -0.4 is 10.6 Å². The van der Waals surface area contributed by atoms with Gasteiger partial charge in [-0.25, -0.2) is 14.2 Å². The number of nitrogens with one attached hydrogen (secondary N) is 2. The average Bonchev–Trinajstić information content (AvgIpc) is 2.33. The fourth-order valence-electron chi connectivity index (χ4n) is 1.38. The van der Waals surface area contributed by atoms with E-state index in [-0.39, 0.29) is 11.9 Å². The first-order valence-electron chi connectivity index (χ1n) is 5.31. The van der Waals surface area contributed by atoms with Crippen LogP contribution in [0.1, 0.15) is 6.92 Å². The molecule has 0 aliphatic rings. The standard InChI is InChI=1S/C11H16FN3O3/c1-7(10(17-2)18-3)14-11(16)15-9-5-4-8(12)6-13-9/h4-7,10H,1-3H3,(H2,13,14,15,16). The van der Waals surface area contributed by atoms with Gasteiger partial charge >= 0.3 is 6.03 Å². The van der Waals surface area contributed by atoms with E-state index in [2.05, 4.69) is 15.6 Å². The van der Waals surface area contributed by atoms with E-state index >= 15 is 0 Å². The first kappa shape index (κ1) is 14.3. The Hall–Kier alpha value is -1.73. The van der Waals surface area contributed by atoms with E-state index in [1.807, 2.05) is 0 Å². The number of rotatable bonds is 5. The summed E-state index contributed by atoms with van der Waals surface area (Å²) in [5, 5.41) is 5.08. The number of halogens is 1. The smallest absolute Gasteiger partial charge is 0.320 e. The Balaban J connectivity index is 2.48. The highest BCUT2D eigenvalue weighted by Crippen LogP contribution is 2.04. The lowest BCUT2D eigenvalue weighted by atomic mass is 10.3. The van der Waals surface area contributed by atoms with Crippen LogP contribution in [-0.2, 0) is 9.47 Å². The summed E-state index contributed by atoms with van der Waals surface area (Å²) in [7, 11) is 2.96. The summed E-state index contributed by atoms with van der Waals surface area (Å²) in [6.45, 7) is 1.73. The van der Waals surface area contributed by atoms with Crippen LogP contribution in [0.4, 0.5) is 15.0 Å². The average molecular weight is 257 g/mol. The lowest BCUT2D eigenvalue weighted by Crippen LogP contribution is -2.44. The maximum absolute atomic E-state index is 12.6. The largest absolute Gasteiger partial charge is 0.354 e. The predicted molar refractivity (Wildman–Crippen MR) is 63.6 cm³/mol. The topological polar surface area (TPSA) is 72.5 Å². The van der Waals surface area contributed by atoms with Gasteiger partial charge in [-0.1, -0.05) is 0 Å². The molecule has 7 heteroatoms. The van der Waals surface area contributed by atoms with Gasteiger partial charge in [-0.2, -0.15) is 0 Å². The monoisotopic (exact) mass is 257 g/mol. The van der Waals surface area contributed by atoms with E-state index < -0.39 is 18.1 Å². The van der Waals surface area contributed by atoms with Crippen molar-refractivity contribution in [2.24, 2.45) is 0 Å². The maximum Gasteiger partial charge on any atom is 0.320 e. The van der Waals surface area contributed by atoms with Crippen LogP contribution in [0.5, 0.6) is 0 Å². The molecule has 0 fully saturated rings. The van der Waals surface area contributed by atoms with Crippen molar-refractivity contribution >= 4 is 11.8 Å². The van der Waals surface area contributed by atoms with Crippen molar-refractivity contribution in [1.82, 2.24) is 10.3 Å². The molecular formula is C11H16FN3O3. The van der Waals surface area contributed by atoms with Gasteiger partial charge < -0.3 is 14.8 Å². The summed E-state index contributed by atoms with van der Waals surface area (Å²) in [6, 6.07) is 1.75. The quantitative estimate of drug-likeness (QED) is 0.781. The third-order valence-electron chi connectivity index (χ3n) is 2.20. The van der Waals surface area contributed by atoms with E-state index in [9.17, 15) is 9.18 Å². The molecule has 100 valence electrons. The van der Waals surface area contributed by atoms with E-state index in [0.29, 0.717) is 0 Å². The molecule has 0 bridgehead atoms. The Labute approximate surface area is 104 Å². The summed E-state index contributed by atoms with van der Waals surface area (Å²) < 4.78 is 22.6. The van der Waals surface area contributed by atoms with Crippen molar-refractivity contribution in [3.8, 4) is 0 Å². The normalized spacial score (nSPS) is 12.3. The molecule has 18 heavy (non-hydrogen) atoms. The molecule has 0 radical (unpaired) electrons. The molecule has 2 N–H and O–H groups in total. The van der Waals surface area contributed by atoms with Gasteiger partial charge in [0.25, 0.3) is 0 Å². The number of hydrogen-bond acceptors (Lipinski definition) is 4. The van der Waals surface area contributed by atoms with Crippen LogP contribution in [0.25, 0.3) is 0 Å². The van der Waals surface area contributed by atoms with Crippen molar-refractivity contribution < 1.29 is 18.7 Å². The van der Waals surface area contributed by atoms with Gasteiger partial charge in [0, 0.05) is 14.2 Å². The molecule has 6 nitrogen and oxygen atoms in total. The SMILES string of the molecule is COC(OC)C(C)NC(=O)Nc1ccc(F)cn1. The second kappa shape index (κ2) is 6.87. The number of ether oxygens (including phenoxy) is 2. The molecule has 0 aromatic carbocycles. The fourth-order valence-corrected chi connectivity index (χ4v) is 1.38. The van der Waals surface area contributed by atoms with Gasteiger partial charge in [0.2, 0.25) is 0 Å². The van der Waals surface area contributed by atoms with E-state index in [1.54, 1.807) is 6.92 Å². The van der Waals surface area contributed by atoms with Crippen LogP contribution in [0.2, 0.25) is 0 Å². The molecule has 2 amide bonds. The van der Waals surface area contributed by atoms with Crippen LogP contribution >= 0.6 is 0 Å². The minimum Gasteiger partial charge on any atom is -0.354 e. The van der Waals surface area contributed by atoms with Gasteiger partial charge in [0.1, 0.15) is 11.6 Å². The van der Waals surface area contributed by atoms with Crippen molar-refractivity contribution in [3.05, 3.63) is 24.1 Å². The van der Waals surface area contributed by atoms with Crippen molar-refractivity contribution in [3.63, 3.8) is 0 Å². The van der Waals surface area contributed by atoms with E-state index in [1.165, 1.54) is 26.4 Å². The number of methoxy groups -OCH3 is 2. The molecule has 0 saturated heterocycles. The van der Waals surface area contributed by atoms with Gasteiger partial charge in [-0.05, 0) is 19.1 Å². The van der Waals surface area contributed by atoms with Gasteiger partial charge in [-0.15, -0.1) is 0 Å². The number of amides is 2. The Bertz CT molecular complexity index is 382. The Morgan fingerprint density at radius 3 is 2.56 bits per heavy atom. The lowest BCUT2D eigenvalue weighted by Gasteiger charge is -2.22. The molecule has 1 aromatic heterocycles. The van der Waals surface area contributed by atoms with Crippen LogP contribution in [0.15, 0.2) is 18.3 Å². The molecule has 1 aromatic rings. The molecule has 0 aliphatic heterocycles. The van der Waals surface area contributed by atoms with Gasteiger partial charge in [-0.3, -0.25) is 5.32 Å². The van der Waals surface area contributed by atoms with Crippen molar-refractivity contribution in [1.29, 1.82) is 0 Å². The number of hydrogen-bond donors (Lipinski definition) is 2. The Morgan fingerprint density at radius 2 is 2.06 bits per heavy atom. The zero-order chi connectivity index (χ0) is 13.5. The summed E-state index contributed by atoms with van der Waals surface area (Å²) in [5.41, 5.74) is 0. The van der Waals surface area contributed by atoms with Crippen molar-refractivity contribution in [2.45, 2.75) is 19.3 Å². The Morgan fingerprint density at radius 1 is 1.39 bits per heavy atom.